The number of nitrogens with zero attached hydrogens (tertiary/aromatic N) is 2. The molecule has 0 bridgehead atoms. The molecule has 2 aliphatic rings. The smallest absolute Gasteiger partial charge is 0.243 e. The topological polar surface area (TPSA) is 88.6 Å². The Bertz CT molecular complexity index is 1330. The second-order valence-electron chi connectivity index (χ2n) is 9.22. The molecule has 0 atom stereocenters. The van der Waals surface area contributed by atoms with Crippen LogP contribution in [0.25, 0.3) is 0 Å². The number of anilines is 1. The molecule has 1 N–H and O–H groups in total. The van der Waals surface area contributed by atoms with Gasteiger partial charge < -0.3 is 10.1 Å². The molecule has 1 amide bonds. The fourth-order valence-corrected chi connectivity index (χ4v) is 6.36. The van der Waals surface area contributed by atoms with Gasteiger partial charge in [0, 0.05) is 30.9 Å². The first-order valence-electron chi connectivity index (χ1n) is 12.0. The summed E-state index contributed by atoms with van der Waals surface area (Å²) in [6, 6.07) is 14.7. The van der Waals surface area contributed by atoms with Gasteiger partial charge in [0.25, 0.3) is 0 Å². The molecular weight excluding hydrogens is 462 g/mol. The predicted octanol–water partition coefficient (Wildman–Crippen LogP) is 4.71. The molecule has 2 aromatic carbocycles. The number of amides is 1. The van der Waals surface area contributed by atoms with Crippen molar-refractivity contribution in [3.63, 3.8) is 0 Å². The summed E-state index contributed by atoms with van der Waals surface area (Å²) in [4.78, 5) is 17.3. The lowest BCUT2D eigenvalue weighted by molar-refractivity contribution is -0.120. The van der Waals surface area contributed by atoms with Crippen molar-refractivity contribution in [1.29, 1.82) is 0 Å². The van der Waals surface area contributed by atoms with Gasteiger partial charge in [-0.15, -0.1) is 0 Å². The number of sulfonamides is 1. The fourth-order valence-electron chi connectivity index (χ4n) is 4.84. The fraction of sp³-hybridized carbons (Fsp3) is 0.333. The molecule has 1 saturated heterocycles. The van der Waals surface area contributed by atoms with Crippen molar-refractivity contribution in [2.45, 2.75) is 43.9 Å². The summed E-state index contributed by atoms with van der Waals surface area (Å²) in [6.45, 7) is 2.60. The summed E-state index contributed by atoms with van der Waals surface area (Å²) in [5, 5.41) is 2.98. The molecule has 1 aliphatic heterocycles. The monoisotopic (exact) mass is 491 g/mol. The highest BCUT2D eigenvalue weighted by atomic mass is 32.2. The summed E-state index contributed by atoms with van der Waals surface area (Å²) in [5.74, 6) is 1.03. The first-order chi connectivity index (χ1) is 16.9. The zero-order valence-electron chi connectivity index (χ0n) is 19.7. The van der Waals surface area contributed by atoms with E-state index < -0.39 is 10.0 Å². The van der Waals surface area contributed by atoms with E-state index in [4.69, 9.17) is 4.74 Å². The van der Waals surface area contributed by atoms with Crippen LogP contribution in [0.2, 0.25) is 0 Å². The Hall–Kier alpha value is -3.23. The molecule has 182 valence electrons. The highest BCUT2D eigenvalue weighted by Crippen LogP contribution is 2.30. The van der Waals surface area contributed by atoms with Crippen molar-refractivity contribution in [2.75, 3.05) is 18.4 Å². The highest BCUT2D eigenvalue weighted by molar-refractivity contribution is 7.89. The molecule has 1 fully saturated rings. The molecule has 0 radical (unpaired) electrons. The number of aryl methyl sites for hydroxylation is 3. The molecule has 1 aromatic heterocycles. The van der Waals surface area contributed by atoms with Crippen LogP contribution in [0.3, 0.4) is 0 Å². The van der Waals surface area contributed by atoms with Crippen LogP contribution in [-0.2, 0) is 27.7 Å². The van der Waals surface area contributed by atoms with E-state index in [0.29, 0.717) is 48.0 Å². The van der Waals surface area contributed by atoms with Gasteiger partial charge in [-0.25, -0.2) is 8.42 Å². The molecule has 35 heavy (non-hydrogen) atoms. The molecule has 5 rings (SSSR count). The van der Waals surface area contributed by atoms with Crippen LogP contribution < -0.4 is 10.1 Å². The number of hydrogen-bond acceptors (Lipinski definition) is 5. The first-order valence-corrected chi connectivity index (χ1v) is 13.5. The van der Waals surface area contributed by atoms with E-state index in [9.17, 15) is 13.2 Å². The van der Waals surface area contributed by atoms with Crippen LogP contribution in [0.4, 0.5) is 5.69 Å². The van der Waals surface area contributed by atoms with Gasteiger partial charge in [-0.05, 0) is 98.2 Å². The number of carbonyl (C=O) groups is 1. The Morgan fingerprint density at radius 3 is 2.60 bits per heavy atom. The molecular formula is C27H29N3O4S. The standard InChI is InChI=1S/C27H29N3O4S/c1-19-16-23(8-10-26(19)34-24-6-3-13-28-18-24)29-27(31)21-11-14-30(15-12-21)35(32,33)25-9-7-20-4-2-5-22(20)17-25/h3,6-10,13,16-18,21H,2,4-5,11-12,14-15H2,1H3,(H,29,31). The lowest BCUT2D eigenvalue weighted by atomic mass is 9.97. The normalized spacial score (nSPS) is 16.6. The predicted molar refractivity (Wildman–Crippen MR) is 134 cm³/mol. The number of pyridine rings is 1. The number of hydrogen-bond donors (Lipinski definition) is 1. The summed E-state index contributed by atoms with van der Waals surface area (Å²) in [6.07, 6.45) is 7.37. The van der Waals surface area contributed by atoms with Gasteiger partial charge in [-0.3, -0.25) is 9.78 Å². The number of rotatable bonds is 6. The molecule has 0 saturated carbocycles. The van der Waals surface area contributed by atoms with Crippen molar-refractivity contribution < 1.29 is 17.9 Å². The maximum Gasteiger partial charge on any atom is 0.243 e. The van der Waals surface area contributed by atoms with Gasteiger partial charge in [-0.2, -0.15) is 4.31 Å². The molecule has 1 aliphatic carbocycles. The molecule has 0 unspecified atom stereocenters. The Labute approximate surface area is 206 Å². The number of ether oxygens (including phenoxy) is 1. The Balaban J connectivity index is 1.18. The number of nitrogens with one attached hydrogen (secondary N) is 1. The molecule has 2 heterocycles. The average molecular weight is 492 g/mol. The maximum absolute atomic E-state index is 13.2. The van der Waals surface area contributed by atoms with Crippen LogP contribution in [-0.4, -0.2) is 36.7 Å². The van der Waals surface area contributed by atoms with Crippen LogP contribution in [0.1, 0.15) is 36.0 Å². The van der Waals surface area contributed by atoms with Crippen molar-refractivity contribution >= 4 is 21.6 Å². The summed E-state index contributed by atoms with van der Waals surface area (Å²) >= 11 is 0. The second-order valence-corrected chi connectivity index (χ2v) is 11.2. The van der Waals surface area contributed by atoms with Crippen molar-refractivity contribution in [1.82, 2.24) is 9.29 Å². The van der Waals surface area contributed by atoms with Gasteiger partial charge in [0.15, 0.2) is 0 Å². The van der Waals surface area contributed by atoms with Crippen LogP contribution in [0.15, 0.2) is 65.8 Å². The van der Waals surface area contributed by atoms with Gasteiger partial charge in [0.1, 0.15) is 11.5 Å². The van der Waals surface area contributed by atoms with E-state index >= 15 is 0 Å². The minimum atomic E-state index is -3.54. The van der Waals surface area contributed by atoms with Gasteiger partial charge in [0.2, 0.25) is 15.9 Å². The van der Waals surface area contributed by atoms with E-state index in [1.165, 1.54) is 9.87 Å². The number of carbonyl (C=O) groups excluding carboxylic acids is 1. The van der Waals surface area contributed by atoms with Crippen LogP contribution in [0.5, 0.6) is 11.5 Å². The first kappa shape index (κ1) is 23.5. The second kappa shape index (κ2) is 9.79. The maximum atomic E-state index is 13.2. The van der Waals surface area contributed by atoms with Crippen molar-refractivity contribution in [3.8, 4) is 11.5 Å². The SMILES string of the molecule is Cc1cc(NC(=O)C2CCN(S(=O)(=O)c3ccc4c(c3)CCC4)CC2)ccc1Oc1cccnc1. The molecule has 3 aromatic rings. The number of aromatic nitrogens is 1. The summed E-state index contributed by atoms with van der Waals surface area (Å²) < 4.78 is 33.7. The molecule has 7 nitrogen and oxygen atoms in total. The van der Waals surface area contributed by atoms with Gasteiger partial charge >= 0.3 is 0 Å². The van der Waals surface area contributed by atoms with Crippen molar-refractivity contribution in [3.05, 3.63) is 77.6 Å². The summed E-state index contributed by atoms with van der Waals surface area (Å²) in [7, 11) is -3.54. The highest BCUT2D eigenvalue weighted by Gasteiger charge is 2.32. The number of benzene rings is 2. The van der Waals surface area contributed by atoms with E-state index in [1.807, 2.05) is 49.4 Å². The van der Waals surface area contributed by atoms with Gasteiger partial charge in [-0.1, -0.05) is 6.07 Å². The zero-order valence-corrected chi connectivity index (χ0v) is 20.6. The van der Waals surface area contributed by atoms with Crippen LogP contribution in [0, 0.1) is 12.8 Å². The third kappa shape index (κ3) is 5.09. The quantitative estimate of drug-likeness (QED) is 0.540. The molecule has 8 heteroatoms. The van der Waals surface area contributed by atoms with E-state index in [0.717, 1.165) is 30.4 Å². The lowest BCUT2D eigenvalue weighted by Gasteiger charge is -2.30. The third-order valence-electron chi connectivity index (χ3n) is 6.84. The minimum Gasteiger partial charge on any atom is -0.455 e. The summed E-state index contributed by atoms with van der Waals surface area (Å²) in [5.41, 5.74) is 3.99. The van der Waals surface area contributed by atoms with Crippen molar-refractivity contribution in [2.24, 2.45) is 5.92 Å². The Morgan fingerprint density at radius 1 is 1.06 bits per heavy atom. The Morgan fingerprint density at radius 2 is 1.86 bits per heavy atom. The van der Waals surface area contributed by atoms with E-state index in [1.54, 1.807) is 18.5 Å². The number of piperidine rings is 1. The molecule has 0 spiro atoms. The van der Waals surface area contributed by atoms with E-state index in [-0.39, 0.29) is 11.8 Å². The largest absolute Gasteiger partial charge is 0.455 e. The third-order valence-corrected chi connectivity index (χ3v) is 8.73. The van der Waals surface area contributed by atoms with E-state index in [2.05, 4.69) is 10.3 Å². The Kier molecular flexibility index (Phi) is 6.58. The zero-order chi connectivity index (χ0) is 24.4. The van der Waals surface area contributed by atoms with Crippen LogP contribution >= 0.6 is 0 Å². The lowest BCUT2D eigenvalue weighted by Crippen LogP contribution is -2.41. The van der Waals surface area contributed by atoms with Gasteiger partial charge in [0.05, 0.1) is 11.1 Å². The average Bonchev–Trinajstić information content (AvgIpc) is 3.34. The number of fused-ring (bicyclic) bond motifs is 1. The minimum absolute atomic E-state index is 0.0834.